The van der Waals surface area contributed by atoms with Gasteiger partial charge in [-0.25, -0.2) is 13.2 Å². The maximum absolute atomic E-state index is 14.4. The number of benzene rings is 1. The number of urea groups is 1. The van der Waals surface area contributed by atoms with E-state index in [-0.39, 0.29) is 51.6 Å². The van der Waals surface area contributed by atoms with Crippen LogP contribution < -0.4 is 21.7 Å². The second-order valence-electron chi connectivity index (χ2n) is 17.0. The number of rotatable bonds is 14. The van der Waals surface area contributed by atoms with Crippen molar-refractivity contribution in [2.75, 3.05) is 12.3 Å². The molecular weight excluding hydrogens is 659 g/mol. The van der Waals surface area contributed by atoms with Gasteiger partial charge in [-0.15, -0.1) is 0 Å². The molecule has 3 saturated carbocycles. The summed E-state index contributed by atoms with van der Waals surface area (Å²) in [7, 11) is -3.57. The molecule has 0 radical (unpaired) electrons. The molecule has 0 aromatic heterocycles. The van der Waals surface area contributed by atoms with Crippen LogP contribution in [0.4, 0.5) is 4.79 Å². The van der Waals surface area contributed by atoms with Crippen molar-refractivity contribution >= 4 is 39.4 Å². The number of nitrogens with zero attached hydrogens (tertiary/aromatic N) is 1. The fourth-order valence-electron chi connectivity index (χ4n) is 8.35. The van der Waals surface area contributed by atoms with Crippen LogP contribution in [0.5, 0.6) is 0 Å². The Bertz CT molecular complexity index is 1580. The maximum atomic E-state index is 14.4. The Morgan fingerprint density at radius 3 is 2.18 bits per heavy atom. The third kappa shape index (κ3) is 8.69. The minimum Gasteiger partial charge on any atom is -0.363 e. The molecule has 4 aliphatic rings. The molecule has 5 N–H and O–H groups in total. The predicted octanol–water partition coefficient (Wildman–Crippen LogP) is 3.48. The number of amides is 5. The monoisotopic (exact) mass is 713 g/mol. The number of ketones is 1. The Kier molecular flexibility index (Phi) is 10.8. The van der Waals surface area contributed by atoms with Crippen molar-refractivity contribution in [3.8, 4) is 0 Å². The molecule has 0 spiro atoms. The van der Waals surface area contributed by atoms with E-state index in [0.29, 0.717) is 32.2 Å². The molecule has 5 atom stereocenters. The summed E-state index contributed by atoms with van der Waals surface area (Å²) in [6.07, 6.45) is 6.63. The van der Waals surface area contributed by atoms with Crippen LogP contribution in [-0.2, 0) is 29.0 Å². The van der Waals surface area contributed by atoms with E-state index in [1.54, 1.807) is 35.2 Å². The van der Waals surface area contributed by atoms with E-state index < -0.39 is 57.1 Å². The van der Waals surface area contributed by atoms with E-state index in [4.69, 9.17) is 5.73 Å². The molecule has 5 rings (SSSR count). The van der Waals surface area contributed by atoms with E-state index in [2.05, 4.69) is 29.8 Å². The van der Waals surface area contributed by atoms with Gasteiger partial charge < -0.3 is 26.6 Å². The Morgan fingerprint density at radius 1 is 0.960 bits per heavy atom. The average molecular weight is 714 g/mol. The first-order valence-corrected chi connectivity index (χ1v) is 19.8. The van der Waals surface area contributed by atoms with Crippen molar-refractivity contribution in [2.24, 2.45) is 34.3 Å². The topological polar surface area (TPSA) is 185 Å². The number of fused-ring (bicyclic) bond motifs is 1. The normalized spacial score (nSPS) is 25.1. The first-order valence-electron chi connectivity index (χ1n) is 18.1. The molecule has 0 bridgehead atoms. The van der Waals surface area contributed by atoms with Gasteiger partial charge >= 0.3 is 6.03 Å². The van der Waals surface area contributed by atoms with Crippen LogP contribution in [0.25, 0.3) is 0 Å². The molecule has 5 amide bonds. The number of hydrogen-bond acceptors (Lipinski definition) is 7. The number of hydrogen-bond donors (Lipinski definition) is 4. The third-order valence-corrected chi connectivity index (χ3v) is 13.2. The lowest BCUT2D eigenvalue weighted by Crippen LogP contribution is -2.61. The summed E-state index contributed by atoms with van der Waals surface area (Å²) in [6.45, 7) is 10.3. The maximum Gasteiger partial charge on any atom is 0.315 e. The molecule has 1 saturated heterocycles. The smallest absolute Gasteiger partial charge is 0.315 e. The fourth-order valence-corrected chi connectivity index (χ4v) is 9.82. The van der Waals surface area contributed by atoms with Gasteiger partial charge in [-0.1, -0.05) is 84.9 Å². The van der Waals surface area contributed by atoms with Gasteiger partial charge in [0.1, 0.15) is 12.1 Å². The number of nitrogens with two attached hydrogens (primary N) is 1. The molecule has 4 fully saturated rings. The van der Waals surface area contributed by atoms with E-state index in [1.807, 2.05) is 20.8 Å². The van der Waals surface area contributed by atoms with Crippen LogP contribution in [0.1, 0.15) is 98.8 Å². The average Bonchev–Trinajstić information content (AvgIpc) is 3.90. The highest BCUT2D eigenvalue weighted by Gasteiger charge is 2.69. The van der Waals surface area contributed by atoms with Crippen molar-refractivity contribution in [3.63, 3.8) is 0 Å². The number of carbonyl (C=O) groups excluding carboxylic acids is 5. The van der Waals surface area contributed by atoms with Crippen LogP contribution >= 0.6 is 0 Å². The Hall–Kier alpha value is -3.48. The van der Waals surface area contributed by atoms with Gasteiger partial charge in [0.05, 0.1) is 16.7 Å². The van der Waals surface area contributed by atoms with Gasteiger partial charge in [0.15, 0.2) is 9.84 Å². The van der Waals surface area contributed by atoms with Crippen molar-refractivity contribution in [1.29, 1.82) is 0 Å². The SMILES string of the molecule is CC(C)(C)CC(NC(=O)NC1(CCS(=O)(=O)c2ccccc2)CCCCC1)C(=O)N1CC2C([C@H]1C(=O)NC(CC1CC1)C(=O)C(N)=O)C2(C)C. The molecule has 13 heteroatoms. The molecule has 12 nitrogen and oxygen atoms in total. The zero-order chi connectivity index (χ0) is 36.6. The molecule has 4 unspecified atom stereocenters. The zero-order valence-corrected chi connectivity index (χ0v) is 30.9. The Morgan fingerprint density at radius 2 is 1.60 bits per heavy atom. The molecule has 276 valence electrons. The number of primary amides is 1. The van der Waals surface area contributed by atoms with Crippen LogP contribution in [0.15, 0.2) is 35.2 Å². The lowest BCUT2D eigenvalue weighted by Gasteiger charge is -2.39. The minimum absolute atomic E-state index is 0.0668. The number of carbonyl (C=O) groups is 5. The predicted molar refractivity (Wildman–Crippen MR) is 188 cm³/mol. The van der Waals surface area contributed by atoms with Crippen LogP contribution in [0, 0.1) is 28.6 Å². The van der Waals surface area contributed by atoms with Gasteiger partial charge in [0, 0.05) is 12.1 Å². The van der Waals surface area contributed by atoms with Gasteiger partial charge in [0.25, 0.3) is 5.91 Å². The first kappa shape index (κ1) is 37.8. The highest BCUT2D eigenvalue weighted by Crippen LogP contribution is 2.65. The summed E-state index contributed by atoms with van der Waals surface area (Å²) < 4.78 is 26.4. The van der Waals surface area contributed by atoms with Crippen LogP contribution in [0.2, 0.25) is 0 Å². The summed E-state index contributed by atoms with van der Waals surface area (Å²) in [6, 6.07) is 4.86. The van der Waals surface area contributed by atoms with Gasteiger partial charge in [-0.05, 0) is 72.8 Å². The summed E-state index contributed by atoms with van der Waals surface area (Å²) in [5.41, 5.74) is 4.01. The highest BCUT2D eigenvalue weighted by atomic mass is 32.2. The Balaban J connectivity index is 1.33. The molecule has 1 aromatic rings. The summed E-state index contributed by atoms with van der Waals surface area (Å²) in [5.74, 6) is -2.78. The molecule has 3 aliphatic carbocycles. The van der Waals surface area contributed by atoms with Crippen molar-refractivity contribution in [2.45, 2.75) is 127 Å². The lowest BCUT2D eigenvalue weighted by atomic mass is 9.80. The third-order valence-electron chi connectivity index (χ3n) is 11.5. The standard InChI is InChI=1S/C37H55N5O7S/c1-35(2,3)21-27(40-34(47)41-37(16-10-7-11-17-37)18-19-50(48,49)24-12-8-6-9-13-24)33(46)42-22-25-28(36(25,4)5)29(42)32(45)39-26(20-23-14-15-23)30(43)31(38)44/h6,8-9,12-13,23,25-29H,7,10-11,14-22H2,1-5H3,(H2,38,44)(H,39,45)(H2,40,41,47)/t25?,26?,27?,28?,29-/m0/s1. The van der Waals surface area contributed by atoms with E-state index in [1.165, 1.54) is 0 Å². The molecular formula is C37H55N5O7S. The first-order chi connectivity index (χ1) is 23.3. The summed E-state index contributed by atoms with van der Waals surface area (Å²) >= 11 is 0. The van der Waals surface area contributed by atoms with E-state index >= 15 is 0 Å². The number of likely N-dealkylation sites (tertiary alicyclic amines) is 1. The van der Waals surface area contributed by atoms with Crippen molar-refractivity contribution in [3.05, 3.63) is 30.3 Å². The lowest BCUT2D eigenvalue weighted by molar-refractivity contribution is -0.144. The van der Waals surface area contributed by atoms with Gasteiger partial charge in [0.2, 0.25) is 17.6 Å². The Labute approximate surface area is 296 Å². The second-order valence-corrected chi connectivity index (χ2v) is 19.1. The quantitative estimate of drug-likeness (QED) is 0.213. The van der Waals surface area contributed by atoms with Crippen LogP contribution in [-0.4, -0.2) is 78.8 Å². The van der Waals surface area contributed by atoms with E-state index in [0.717, 1.165) is 32.1 Å². The van der Waals surface area contributed by atoms with Crippen molar-refractivity contribution in [1.82, 2.24) is 20.9 Å². The highest BCUT2D eigenvalue weighted by molar-refractivity contribution is 7.91. The molecule has 50 heavy (non-hydrogen) atoms. The number of piperidine rings is 1. The number of sulfone groups is 1. The fraction of sp³-hybridized carbons (Fsp3) is 0.703. The molecule has 1 heterocycles. The minimum atomic E-state index is -3.57. The van der Waals surface area contributed by atoms with Gasteiger partial charge in [-0.2, -0.15) is 0 Å². The largest absolute Gasteiger partial charge is 0.363 e. The van der Waals surface area contributed by atoms with Gasteiger partial charge in [-0.3, -0.25) is 19.2 Å². The summed E-state index contributed by atoms with van der Waals surface area (Å²) in [4.78, 5) is 68.5. The summed E-state index contributed by atoms with van der Waals surface area (Å²) in [5, 5.41) is 8.83. The molecule has 1 aliphatic heterocycles. The number of Topliss-reactive ketones (excluding diaryl/α,β-unsaturated/α-hetero) is 1. The van der Waals surface area contributed by atoms with E-state index in [9.17, 15) is 32.4 Å². The number of nitrogens with one attached hydrogen (secondary N) is 3. The second kappa shape index (κ2) is 14.3. The van der Waals surface area contributed by atoms with Crippen molar-refractivity contribution < 1.29 is 32.4 Å². The zero-order valence-electron chi connectivity index (χ0n) is 30.1. The molecule has 1 aromatic carbocycles. The van der Waals surface area contributed by atoms with Crippen LogP contribution in [0.3, 0.4) is 0 Å².